The van der Waals surface area contributed by atoms with Crippen LogP contribution in [0.15, 0.2) is 36.7 Å². The Bertz CT molecular complexity index is 479. The van der Waals surface area contributed by atoms with E-state index < -0.39 is 0 Å². The minimum Gasteiger partial charge on any atom is -0.396 e. The van der Waals surface area contributed by atoms with E-state index in [1.165, 1.54) is 16.3 Å². The fourth-order valence-electron chi connectivity index (χ4n) is 2.08. The van der Waals surface area contributed by atoms with Gasteiger partial charge in [-0.05, 0) is 36.8 Å². The Morgan fingerprint density at radius 1 is 1.06 bits per heavy atom. The van der Waals surface area contributed by atoms with Gasteiger partial charge < -0.3 is 10.4 Å². The van der Waals surface area contributed by atoms with Crippen molar-refractivity contribution in [1.82, 2.24) is 10.3 Å². The Hall–Kier alpha value is -1.45. The molecule has 0 aliphatic carbocycles. The van der Waals surface area contributed by atoms with Gasteiger partial charge in [0.1, 0.15) is 0 Å². The molecule has 18 heavy (non-hydrogen) atoms. The van der Waals surface area contributed by atoms with Gasteiger partial charge in [-0.2, -0.15) is 0 Å². The third kappa shape index (κ3) is 3.52. The third-order valence-electron chi connectivity index (χ3n) is 3.08. The van der Waals surface area contributed by atoms with Crippen LogP contribution in [0.5, 0.6) is 0 Å². The van der Waals surface area contributed by atoms with E-state index in [0.29, 0.717) is 6.61 Å². The minimum absolute atomic E-state index is 0.299. The molecule has 0 aliphatic rings. The lowest BCUT2D eigenvalue weighted by Crippen LogP contribution is -2.15. The Morgan fingerprint density at radius 2 is 1.94 bits per heavy atom. The molecule has 2 rings (SSSR count). The van der Waals surface area contributed by atoms with Gasteiger partial charge in [0, 0.05) is 30.9 Å². The van der Waals surface area contributed by atoms with Crippen molar-refractivity contribution < 1.29 is 5.11 Å². The topological polar surface area (TPSA) is 45.1 Å². The first kappa shape index (κ1) is 13.0. The summed E-state index contributed by atoms with van der Waals surface area (Å²) >= 11 is 0. The van der Waals surface area contributed by atoms with Gasteiger partial charge in [-0.1, -0.05) is 24.3 Å². The van der Waals surface area contributed by atoms with Crippen molar-refractivity contribution in [3.05, 3.63) is 42.2 Å². The van der Waals surface area contributed by atoms with Crippen LogP contribution in [0, 0.1) is 0 Å². The molecule has 0 unspecified atom stereocenters. The maximum atomic E-state index is 8.69. The monoisotopic (exact) mass is 244 g/mol. The number of aromatic nitrogens is 1. The van der Waals surface area contributed by atoms with E-state index in [4.69, 9.17) is 5.11 Å². The largest absolute Gasteiger partial charge is 0.396 e. The number of fused-ring (bicyclic) bond motifs is 1. The number of hydrogen-bond donors (Lipinski definition) is 2. The highest BCUT2D eigenvalue weighted by Gasteiger charge is 2.00. The lowest BCUT2D eigenvalue weighted by atomic mass is 10.1. The molecule has 2 aromatic rings. The van der Waals surface area contributed by atoms with Gasteiger partial charge in [0.05, 0.1) is 0 Å². The number of nitrogens with zero attached hydrogens (tertiary/aromatic N) is 1. The second-order valence-electron chi connectivity index (χ2n) is 4.48. The van der Waals surface area contributed by atoms with Crippen LogP contribution in [0.2, 0.25) is 0 Å². The lowest BCUT2D eigenvalue weighted by Gasteiger charge is -2.07. The molecule has 1 aromatic heterocycles. The van der Waals surface area contributed by atoms with Crippen molar-refractivity contribution in [2.45, 2.75) is 25.8 Å². The van der Waals surface area contributed by atoms with Crippen molar-refractivity contribution >= 4 is 10.8 Å². The van der Waals surface area contributed by atoms with Gasteiger partial charge in [-0.15, -0.1) is 0 Å². The van der Waals surface area contributed by atoms with E-state index in [1.54, 1.807) is 0 Å². The summed E-state index contributed by atoms with van der Waals surface area (Å²) in [6.07, 6.45) is 6.93. The molecule has 1 heterocycles. The van der Waals surface area contributed by atoms with Crippen LogP contribution in [0.25, 0.3) is 10.8 Å². The highest BCUT2D eigenvalue weighted by Crippen LogP contribution is 2.16. The fraction of sp³-hybridized carbons (Fsp3) is 0.400. The molecule has 0 fully saturated rings. The Labute approximate surface area is 108 Å². The van der Waals surface area contributed by atoms with Gasteiger partial charge >= 0.3 is 0 Å². The molecular formula is C15H20N2O. The second kappa shape index (κ2) is 7.09. The fourth-order valence-corrected chi connectivity index (χ4v) is 2.08. The Kier molecular flexibility index (Phi) is 5.12. The van der Waals surface area contributed by atoms with Crippen molar-refractivity contribution in [2.24, 2.45) is 0 Å². The molecule has 96 valence electrons. The minimum atomic E-state index is 0.299. The maximum Gasteiger partial charge on any atom is 0.0431 e. The second-order valence-corrected chi connectivity index (χ2v) is 4.48. The van der Waals surface area contributed by atoms with E-state index >= 15 is 0 Å². The molecule has 0 saturated carbocycles. The number of pyridine rings is 1. The summed E-state index contributed by atoms with van der Waals surface area (Å²) in [6, 6.07) is 8.33. The van der Waals surface area contributed by atoms with Gasteiger partial charge in [0.2, 0.25) is 0 Å². The average molecular weight is 244 g/mol. The van der Waals surface area contributed by atoms with Crippen LogP contribution < -0.4 is 5.32 Å². The molecule has 3 heteroatoms. The van der Waals surface area contributed by atoms with E-state index in [9.17, 15) is 0 Å². The number of aliphatic hydroxyl groups excluding tert-OH is 1. The zero-order chi connectivity index (χ0) is 12.6. The molecule has 0 spiro atoms. The van der Waals surface area contributed by atoms with Crippen molar-refractivity contribution in [1.29, 1.82) is 0 Å². The van der Waals surface area contributed by atoms with Gasteiger partial charge in [0.15, 0.2) is 0 Å². The van der Waals surface area contributed by atoms with Crippen molar-refractivity contribution in [3.63, 3.8) is 0 Å². The smallest absolute Gasteiger partial charge is 0.0431 e. The zero-order valence-electron chi connectivity index (χ0n) is 10.6. The summed E-state index contributed by atoms with van der Waals surface area (Å²) in [4.78, 5) is 4.27. The summed E-state index contributed by atoms with van der Waals surface area (Å²) in [7, 11) is 0. The van der Waals surface area contributed by atoms with Crippen molar-refractivity contribution in [2.75, 3.05) is 13.2 Å². The molecule has 0 bridgehead atoms. The summed E-state index contributed by atoms with van der Waals surface area (Å²) in [5.74, 6) is 0. The Balaban J connectivity index is 1.88. The molecule has 0 amide bonds. The first-order valence-electron chi connectivity index (χ1n) is 6.55. The third-order valence-corrected chi connectivity index (χ3v) is 3.08. The summed E-state index contributed by atoms with van der Waals surface area (Å²) < 4.78 is 0. The SMILES string of the molecule is OCCCCCNCc1cncc2ccccc12. The molecule has 0 radical (unpaired) electrons. The normalized spacial score (nSPS) is 10.9. The molecule has 1 aromatic carbocycles. The predicted octanol–water partition coefficient (Wildman–Crippen LogP) is 2.49. The number of benzene rings is 1. The van der Waals surface area contributed by atoms with E-state index in [2.05, 4.69) is 28.5 Å². The number of aliphatic hydroxyl groups is 1. The number of nitrogens with one attached hydrogen (secondary N) is 1. The van der Waals surface area contributed by atoms with Crippen LogP contribution in [0.4, 0.5) is 0 Å². The molecule has 0 saturated heterocycles. The molecule has 0 atom stereocenters. The van der Waals surface area contributed by atoms with Crippen LogP contribution in [-0.2, 0) is 6.54 Å². The van der Waals surface area contributed by atoms with Crippen LogP contribution >= 0.6 is 0 Å². The number of hydrogen-bond acceptors (Lipinski definition) is 3. The quantitative estimate of drug-likeness (QED) is 0.735. The summed E-state index contributed by atoms with van der Waals surface area (Å²) in [6.45, 7) is 2.14. The highest BCUT2D eigenvalue weighted by atomic mass is 16.2. The van der Waals surface area contributed by atoms with Crippen LogP contribution in [0.3, 0.4) is 0 Å². The van der Waals surface area contributed by atoms with Gasteiger partial charge in [-0.25, -0.2) is 0 Å². The molecule has 3 nitrogen and oxygen atoms in total. The zero-order valence-corrected chi connectivity index (χ0v) is 10.6. The maximum absolute atomic E-state index is 8.69. The van der Waals surface area contributed by atoms with Gasteiger partial charge in [0.25, 0.3) is 0 Å². The van der Waals surface area contributed by atoms with Crippen molar-refractivity contribution in [3.8, 4) is 0 Å². The Morgan fingerprint density at radius 3 is 2.83 bits per heavy atom. The van der Waals surface area contributed by atoms with E-state index in [0.717, 1.165) is 32.4 Å². The number of unbranched alkanes of at least 4 members (excludes halogenated alkanes) is 2. The summed E-state index contributed by atoms with van der Waals surface area (Å²) in [5.41, 5.74) is 1.25. The standard InChI is InChI=1S/C15H20N2O/c18-9-5-1-4-8-16-11-14-12-17-10-13-6-2-3-7-15(13)14/h2-3,6-7,10,12,16,18H,1,4-5,8-9,11H2. The summed E-state index contributed by atoms with van der Waals surface area (Å²) in [5, 5.41) is 14.6. The highest BCUT2D eigenvalue weighted by molar-refractivity contribution is 5.84. The van der Waals surface area contributed by atoms with Crippen LogP contribution in [0.1, 0.15) is 24.8 Å². The number of rotatable bonds is 7. The first-order chi connectivity index (χ1) is 8.92. The van der Waals surface area contributed by atoms with E-state index in [-0.39, 0.29) is 0 Å². The molecule has 0 aliphatic heterocycles. The van der Waals surface area contributed by atoms with E-state index in [1.807, 2.05) is 18.5 Å². The molecular weight excluding hydrogens is 224 g/mol. The lowest BCUT2D eigenvalue weighted by molar-refractivity contribution is 0.283. The first-order valence-corrected chi connectivity index (χ1v) is 6.55. The van der Waals surface area contributed by atoms with Crippen LogP contribution in [-0.4, -0.2) is 23.2 Å². The predicted molar refractivity (Wildman–Crippen MR) is 74.4 cm³/mol. The average Bonchev–Trinajstić information content (AvgIpc) is 2.43. The van der Waals surface area contributed by atoms with Gasteiger partial charge in [-0.3, -0.25) is 4.98 Å². The molecule has 2 N–H and O–H groups in total.